The van der Waals surface area contributed by atoms with Crippen molar-refractivity contribution >= 4 is 11.6 Å². The molecule has 0 saturated heterocycles. The molecule has 2 nitrogen and oxygen atoms in total. The van der Waals surface area contributed by atoms with Gasteiger partial charge in [-0.3, -0.25) is 0 Å². The molecule has 0 aromatic heterocycles. The first-order chi connectivity index (χ1) is 8.29. The zero-order valence-corrected chi connectivity index (χ0v) is 10.6. The van der Waals surface area contributed by atoms with Crippen molar-refractivity contribution in [3.8, 4) is 5.75 Å². The summed E-state index contributed by atoms with van der Waals surface area (Å²) < 4.78 is 40.8. The Hall–Kier alpha value is -0.940. The molecule has 102 valence electrons. The number of aliphatic hydroxyl groups is 1. The zero-order chi connectivity index (χ0) is 13.8. The van der Waals surface area contributed by atoms with Gasteiger partial charge in [-0.05, 0) is 31.0 Å². The molecule has 18 heavy (non-hydrogen) atoms. The third kappa shape index (κ3) is 5.14. The molecule has 0 heterocycles. The third-order valence-electron chi connectivity index (χ3n) is 2.30. The van der Waals surface area contributed by atoms with Crippen molar-refractivity contribution < 1.29 is 23.0 Å². The van der Waals surface area contributed by atoms with Gasteiger partial charge in [0.05, 0.1) is 17.7 Å². The van der Waals surface area contributed by atoms with Crippen molar-refractivity contribution in [1.82, 2.24) is 0 Å². The molecule has 0 spiro atoms. The number of halogens is 4. The van der Waals surface area contributed by atoms with E-state index in [1.807, 2.05) is 0 Å². The van der Waals surface area contributed by atoms with Crippen LogP contribution in [0.4, 0.5) is 13.2 Å². The van der Waals surface area contributed by atoms with Crippen LogP contribution in [0.15, 0.2) is 18.2 Å². The normalized spacial score (nSPS) is 13.4. The van der Waals surface area contributed by atoms with Gasteiger partial charge in [0.1, 0.15) is 5.75 Å². The Morgan fingerprint density at radius 3 is 2.56 bits per heavy atom. The van der Waals surface area contributed by atoms with Gasteiger partial charge in [0, 0.05) is 6.42 Å². The number of hydrogen-bond acceptors (Lipinski definition) is 2. The van der Waals surface area contributed by atoms with Crippen LogP contribution in [0.3, 0.4) is 0 Å². The molecule has 1 rings (SSSR count). The second kappa shape index (κ2) is 6.29. The lowest BCUT2D eigenvalue weighted by Crippen LogP contribution is -2.09. The standard InChI is InChI=1S/C12H14ClF3O2/c1-8(17)9-3-4-11(10(13)7-9)18-6-2-5-12(14,15)16/h3-4,7-8,17H,2,5-6H2,1H3/t8-/m0/s1. The van der Waals surface area contributed by atoms with Crippen LogP contribution in [-0.2, 0) is 0 Å². The first kappa shape index (κ1) is 15.1. The van der Waals surface area contributed by atoms with E-state index in [9.17, 15) is 18.3 Å². The highest BCUT2D eigenvalue weighted by molar-refractivity contribution is 6.32. The van der Waals surface area contributed by atoms with Crippen molar-refractivity contribution in [1.29, 1.82) is 0 Å². The Morgan fingerprint density at radius 2 is 2.06 bits per heavy atom. The quantitative estimate of drug-likeness (QED) is 0.824. The van der Waals surface area contributed by atoms with Gasteiger partial charge in [-0.25, -0.2) is 0 Å². The number of aliphatic hydroxyl groups excluding tert-OH is 1. The molecule has 1 aromatic carbocycles. The Labute approximate surface area is 108 Å². The summed E-state index contributed by atoms with van der Waals surface area (Å²) in [5.41, 5.74) is 0.627. The van der Waals surface area contributed by atoms with E-state index in [-0.39, 0.29) is 18.1 Å². The lowest BCUT2D eigenvalue weighted by molar-refractivity contribution is -0.136. The first-order valence-electron chi connectivity index (χ1n) is 5.46. The van der Waals surface area contributed by atoms with Crippen LogP contribution < -0.4 is 4.74 Å². The Morgan fingerprint density at radius 1 is 1.39 bits per heavy atom. The second-order valence-electron chi connectivity index (χ2n) is 3.93. The number of rotatable bonds is 5. The second-order valence-corrected chi connectivity index (χ2v) is 4.34. The van der Waals surface area contributed by atoms with Gasteiger partial charge in [0.2, 0.25) is 0 Å². The minimum Gasteiger partial charge on any atom is -0.492 e. The number of benzene rings is 1. The van der Waals surface area contributed by atoms with E-state index in [4.69, 9.17) is 16.3 Å². The van der Waals surface area contributed by atoms with Gasteiger partial charge in [-0.15, -0.1) is 0 Å². The maximum atomic E-state index is 11.9. The fraction of sp³-hybridized carbons (Fsp3) is 0.500. The van der Waals surface area contributed by atoms with Crippen LogP contribution >= 0.6 is 11.6 Å². The zero-order valence-electron chi connectivity index (χ0n) is 9.80. The SMILES string of the molecule is C[C@H](O)c1ccc(OCCCC(F)(F)F)c(Cl)c1. The molecule has 0 aliphatic rings. The summed E-state index contributed by atoms with van der Waals surface area (Å²) in [4.78, 5) is 0. The van der Waals surface area contributed by atoms with E-state index in [0.717, 1.165) is 0 Å². The Balaban J connectivity index is 2.48. The van der Waals surface area contributed by atoms with E-state index in [0.29, 0.717) is 11.3 Å². The molecule has 1 atom stereocenters. The molecule has 0 bridgehead atoms. The average Bonchev–Trinajstić information content (AvgIpc) is 2.24. The monoisotopic (exact) mass is 282 g/mol. The summed E-state index contributed by atoms with van der Waals surface area (Å²) in [7, 11) is 0. The lowest BCUT2D eigenvalue weighted by Gasteiger charge is -2.11. The minimum atomic E-state index is -4.16. The molecule has 6 heteroatoms. The summed E-state index contributed by atoms with van der Waals surface area (Å²) >= 11 is 5.88. The molecule has 0 aliphatic carbocycles. The predicted octanol–water partition coefficient (Wildman–Crippen LogP) is 4.11. The average molecular weight is 283 g/mol. The molecule has 0 aliphatic heterocycles. The van der Waals surface area contributed by atoms with Gasteiger partial charge in [-0.1, -0.05) is 17.7 Å². The highest BCUT2D eigenvalue weighted by Gasteiger charge is 2.26. The van der Waals surface area contributed by atoms with E-state index >= 15 is 0 Å². The summed E-state index contributed by atoms with van der Waals surface area (Å²) in [6.45, 7) is 1.54. The molecular formula is C12H14ClF3O2. The Kier molecular flexibility index (Phi) is 5.28. The van der Waals surface area contributed by atoms with Crippen LogP contribution in [-0.4, -0.2) is 17.9 Å². The van der Waals surface area contributed by atoms with Gasteiger partial charge < -0.3 is 9.84 Å². The van der Waals surface area contributed by atoms with E-state index < -0.39 is 18.7 Å². The van der Waals surface area contributed by atoms with Crippen molar-refractivity contribution in [2.45, 2.75) is 32.0 Å². The topological polar surface area (TPSA) is 29.5 Å². The largest absolute Gasteiger partial charge is 0.492 e. The molecule has 1 aromatic rings. The summed E-state index contributed by atoms with van der Waals surface area (Å²) in [5.74, 6) is 0.322. The molecular weight excluding hydrogens is 269 g/mol. The Bertz CT molecular complexity index is 391. The summed E-state index contributed by atoms with van der Waals surface area (Å²) in [6.07, 6.45) is -5.81. The maximum Gasteiger partial charge on any atom is 0.389 e. The predicted molar refractivity (Wildman–Crippen MR) is 62.9 cm³/mol. The van der Waals surface area contributed by atoms with Crippen LogP contribution in [0.1, 0.15) is 31.4 Å². The van der Waals surface area contributed by atoms with Crippen LogP contribution in [0, 0.1) is 0 Å². The van der Waals surface area contributed by atoms with Crippen molar-refractivity contribution in [2.24, 2.45) is 0 Å². The fourth-order valence-electron chi connectivity index (χ4n) is 1.35. The highest BCUT2D eigenvalue weighted by atomic mass is 35.5. The van der Waals surface area contributed by atoms with Gasteiger partial charge in [-0.2, -0.15) is 13.2 Å². The van der Waals surface area contributed by atoms with Crippen LogP contribution in [0.5, 0.6) is 5.75 Å². The number of alkyl halides is 3. The maximum absolute atomic E-state index is 11.9. The first-order valence-corrected chi connectivity index (χ1v) is 5.84. The molecule has 0 amide bonds. The van der Waals surface area contributed by atoms with Crippen LogP contribution in [0.25, 0.3) is 0 Å². The van der Waals surface area contributed by atoms with E-state index in [2.05, 4.69) is 0 Å². The molecule has 0 saturated carbocycles. The fourth-order valence-corrected chi connectivity index (χ4v) is 1.59. The van der Waals surface area contributed by atoms with Gasteiger partial charge in [0.15, 0.2) is 0 Å². The molecule has 0 unspecified atom stereocenters. The van der Waals surface area contributed by atoms with Crippen molar-refractivity contribution in [3.05, 3.63) is 28.8 Å². The van der Waals surface area contributed by atoms with Gasteiger partial charge in [0.25, 0.3) is 0 Å². The molecule has 1 N–H and O–H groups in total. The lowest BCUT2D eigenvalue weighted by atomic mass is 10.1. The van der Waals surface area contributed by atoms with Gasteiger partial charge >= 0.3 is 6.18 Å². The summed E-state index contributed by atoms with van der Waals surface area (Å²) in [5, 5.41) is 9.60. The van der Waals surface area contributed by atoms with Crippen molar-refractivity contribution in [3.63, 3.8) is 0 Å². The third-order valence-corrected chi connectivity index (χ3v) is 2.60. The number of hydrogen-bond donors (Lipinski definition) is 1. The minimum absolute atomic E-state index is 0.0484. The van der Waals surface area contributed by atoms with E-state index in [1.54, 1.807) is 13.0 Å². The summed E-state index contributed by atoms with van der Waals surface area (Å²) in [6, 6.07) is 4.69. The van der Waals surface area contributed by atoms with Crippen molar-refractivity contribution in [2.75, 3.05) is 6.61 Å². The van der Waals surface area contributed by atoms with E-state index in [1.165, 1.54) is 12.1 Å². The smallest absolute Gasteiger partial charge is 0.389 e. The molecule has 0 radical (unpaired) electrons. The van der Waals surface area contributed by atoms with Crippen LogP contribution in [0.2, 0.25) is 5.02 Å². The number of ether oxygens (including phenoxy) is 1. The highest BCUT2D eigenvalue weighted by Crippen LogP contribution is 2.28. The molecule has 0 fully saturated rings.